The summed E-state index contributed by atoms with van der Waals surface area (Å²) >= 11 is 0. The molecule has 5 heteroatoms. The van der Waals surface area contributed by atoms with Crippen molar-refractivity contribution >= 4 is 11.8 Å². The summed E-state index contributed by atoms with van der Waals surface area (Å²) in [5.41, 5.74) is 0.523. The van der Waals surface area contributed by atoms with Gasteiger partial charge in [0.2, 0.25) is 5.91 Å². The SMILES string of the molecule is CC(NC(=O)c1ccccc1)C(=O)NC1CCCCC1O. The molecule has 1 aromatic rings. The van der Waals surface area contributed by atoms with E-state index in [-0.39, 0.29) is 17.9 Å². The van der Waals surface area contributed by atoms with Gasteiger partial charge in [-0.05, 0) is 31.9 Å². The maximum atomic E-state index is 12.1. The van der Waals surface area contributed by atoms with Crippen LogP contribution in [0.3, 0.4) is 0 Å². The Morgan fingerprint density at radius 1 is 1.19 bits per heavy atom. The smallest absolute Gasteiger partial charge is 0.251 e. The molecule has 0 aliphatic heterocycles. The number of carbonyl (C=O) groups excluding carboxylic acids is 2. The van der Waals surface area contributed by atoms with E-state index < -0.39 is 12.1 Å². The summed E-state index contributed by atoms with van der Waals surface area (Å²) in [6.07, 6.45) is 3.02. The maximum Gasteiger partial charge on any atom is 0.251 e. The second-order valence-electron chi connectivity index (χ2n) is 5.53. The van der Waals surface area contributed by atoms with Gasteiger partial charge in [0.05, 0.1) is 12.1 Å². The van der Waals surface area contributed by atoms with Gasteiger partial charge < -0.3 is 15.7 Å². The second-order valence-corrected chi connectivity index (χ2v) is 5.53. The Kier molecular flexibility index (Phi) is 5.33. The van der Waals surface area contributed by atoms with Gasteiger partial charge in [-0.2, -0.15) is 0 Å². The first-order valence-corrected chi connectivity index (χ1v) is 7.42. The van der Waals surface area contributed by atoms with Crippen molar-refractivity contribution in [3.8, 4) is 0 Å². The fourth-order valence-electron chi connectivity index (χ4n) is 2.52. The largest absolute Gasteiger partial charge is 0.391 e. The van der Waals surface area contributed by atoms with Gasteiger partial charge in [0.25, 0.3) is 5.91 Å². The van der Waals surface area contributed by atoms with Crippen molar-refractivity contribution < 1.29 is 14.7 Å². The lowest BCUT2D eigenvalue weighted by atomic mass is 9.92. The maximum absolute atomic E-state index is 12.1. The summed E-state index contributed by atoms with van der Waals surface area (Å²) in [6.45, 7) is 1.64. The van der Waals surface area contributed by atoms with Crippen molar-refractivity contribution in [2.45, 2.75) is 50.8 Å². The number of amides is 2. The molecule has 5 nitrogen and oxygen atoms in total. The molecular formula is C16H22N2O3. The van der Waals surface area contributed by atoms with Crippen LogP contribution >= 0.6 is 0 Å². The van der Waals surface area contributed by atoms with E-state index in [1.165, 1.54) is 0 Å². The Morgan fingerprint density at radius 2 is 1.86 bits per heavy atom. The normalized spacial score (nSPS) is 23.1. The summed E-state index contributed by atoms with van der Waals surface area (Å²) in [7, 11) is 0. The zero-order valence-electron chi connectivity index (χ0n) is 12.2. The average Bonchev–Trinajstić information content (AvgIpc) is 2.50. The van der Waals surface area contributed by atoms with Gasteiger partial charge in [-0.1, -0.05) is 31.0 Å². The van der Waals surface area contributed by atoms with Crippen LogP contribution in [0.25, 0.3) is 0 Å². The summed E-state index contributed by atoms with van der Waals surface area (Å²) in [5, 5.41) is 15.3. The Bertz CT molecular complexity index is 490. The van der Waals surface area contributed by atoms with E-state index in [9.17, 15) is 14.7 Å². The zero-order valence-corrected chi connectivity index (χ0v) is 12.2. The van der Waals surface area contributed by atoms with Crippen molar-refractivity contribution in [2.24, 2.45) is 0 Å². The molecule has 2 rings (SSSR count). The third-order valence-electron chi connectivity index (χ3n) is 3.83. The first-order valence-electron chi connectivity index (χ1n) is 7.42. The van der Waals surface area contributed by atoms with Gasteiger partial charge in [-0.25, -0.2) is 0 Å². The highest BCUT2D eigenvalue weighted by Crippen LogP contribution is 2.18. The van der Waals surface area contributed by atoms with E-state index in [0.29, 0.717) is 5.56 Å². The minimum atomic E-state index is -0.633. The van der Waals surface area contributed by atoms with Gasteiger partial charge in [0.15, 0.2) is 0 Å². The highest BCUT2D eigenvalue weighted by Gasteiger charge is 2.26. The quantitative estimate of drug-likeness (QED) is 0.780. The second kappa shape index (κ2) is 7.22. The number of carbonyl (C=O) groups is 2. The van der Waals surface area contributed by atoms with Gasteiger partial charge >= 0.3 is 0 Å². The minimum Gasteiger partial charge on any atom is -0.391 e. The molecule has 1 fully saturated rings. The number of aliphatic hydroxyl groups is 1. The minimum absolute atomic E-state index is 0.206. The van der Waals surface area contributed by atoms with Crippen molar-refractivity contribution in [1.82, 2.24) is 10.6 Å². The summed E-state index contributed by atoms with van der Waals surface area (Å²) in [5.74, 6) is -0.535. The van der Waals surface area contributed by atoms with Crippen molar-refractivity contribution in [2.75, 3.05) is 0 Å². The fraction of sp³-hybridized carbons (Fsp3) is 0.500. The molecule has 1 aliphatic carbocycles. The Balaban J connectivity index is 1.86. The Morgan fingerprint density at radius 3 is 2.52 bits per heavy atom. The van der Waals surface area contributed by atoms with Crippen molar-refractivity contribution in [1.29, 1.82) is 0 Å². The molecule has 3 atom stereocenters. The molecule has 0 radical (unpaired) electrons. The van der Waals surface area contributed by atoms with Crippen LogP contribution in [0.2, 0.25) is 0 Å². The number of benzene rings is 1. The summed E-state index contributed by atoms with van der Waals surface area (Å²) in [4.78, 5) is 24.1. The van der Waals surface area contributed by atoms with Crippen LogP contribution in [0.15, 0.2) is 30.3 Å². The lowest BCUT2D eigenvalue weighted by molar-refractivity contribution is -0.124. The topological polar surface area (TPSA) is 78.4 Å². The molecule has 3 unspecified atom stereocenters. The van der Waals surface area contributed by atoms with E-state index in [4.69, 9.17) is 0 Å². The van der Waals surface area contributed by atoms with E-state index in [1.54, 1.807) is 31.2 Å². The molecule has 1 saturated carbocycles. The average molecular weight is 290 g/mol. The van der Waals surface area contributed by atoms with E-state index >= 15 is 0 Å². The monoisotopic (exact) mass is 290 g/mol. The van der Waals surface area contributed by atoms with E-state index in [2.05, 4.69) is 10.6 Å². The third-order valence-corrected chi connectivity index (χ3v) is 3.83. The number of nitrogens with one attached hydrogen (secondary N) is 2. The number of rotatable bonds is 4. The van der Waals surface area contributed by atoms with Crippen molar-refractivity contribution in [3.05, 3.63) is 35.9 Å². The van der Waals surface area contributed by atoms with Crippen LogP contribution in [-0.4, -0.2) is 35.1 Å². The molecule has 114 valence electrons. The molecule has 21 heavy (non-hydrogen) atoms. The number of aliphatic hydroxyl groups excluding tert-OH is 1. The van der Waals surface area contributed by atoms with Gasteiger partial charge in [-0.3, -0.25) is 9.59 Å². The van der Waals surface area contributed by atoms with Crippen molar-refractivity contribution in [3.63, 3.8) is 0 Å². The molecule has 3 N–H and O–H groups in total. The molecule has 0 bridgehead atoms. The predicted octanol–water partition coefficient (Wildman–Crippen LogP) is 1.22. The lowest BCUT2D eigenvalue weighted by Crippen LogP contribution is -2.52. The Labute approximate surface area is 124 Å². The Hall–Kier alpha value is -1.88. The third kappa shape index (κ3) is 4.29. The van der Waals surface area contributed by atoms with Crippen LogP contribution in [-0.2, 0) is 4.79 Å². The van der Waals surface area contributed by atoms with Crippen LogP contribution in [0.5, 0.6) is 0 Å². The van der Waals surface area contributed by atoms with Crippen LogP contribution in [0.4, 0.5) is 0 Å². The predicted molar refractivity (Wildman–Crippen MR) is 79.8 cm³/mol. The van der Waals surface area contributed by atoms with Gasteiger partial charge in [-0.15, -0.1) is 0 Å². The number of hydrogen-bond donors (Lipinski definition) is 3. The van der Waals surface area contributed by atoms with Gasteiger partial charge in [0.1, 0.15) is 6.04 Å². The van der Waals surface area contributed by atoms with Crippen LogP contribution in [0.1, 0.15) is 43.0 Å². The molecule has 1 aromatic carbocycles. The zero-order chi connectivity index (χ0) is 15.2. The van der Waals surface area contributed by atoms with E-state index in [0.717, 1.165) is 25.7 Å². The van der Waals surface area contributed by atoms with Crippen LogP contribution < -0.4 is 10.6 Å². The summed E-state index contributed by atoms with van der Waals surface area (Å²) < 4.78 is 0. The molecule has 0 spiro atoms. The molecule has 0 saturated heterocycles. The summed E-state index contributed by atoms with van der Waals surface area (Å²) in [6, 6.07) is 7.94. The molecule has 0 heterocycles. The fourth-order valence-corrected chi connectivity index (χ4v) is 2.52. The molecular weight excluding hydrogens is 268 g/mol. The van der Waals surface area contributed by atoms with Crippen LogP contribution in [0, 0.1) is 0 Å². The molecule has 2 amide bonds. The molecule has 0 aromatic heterocycles. The highest BCUT2D eigenvalue weighted by atomic mass is 16.3. The van der Waals surface area contributed by atoms with Gasteiger partial charge in [0, 0.05) is 5.56 Å². The standard InChI is InChI=1S/C16H22N2O3/c1-11(17-16(21)12-7-3-2-4-8-12)15(20)18-13-9-5-6-10-14(13)19/h2-4,7-8,11,13-14,19H,5-6,9-10H2,1H3,(H,17,21)(H,18,20). The molecule has 1 aliphatic rings. The number of hydrogen-bond acceptors (Lipinski definition) is 3. The van der Waals surface area contributed by atoms with E-state index in [1.807, 2.05) is 6.07 Å². The lowest BCUT2D eigenvalue weighted by Gasteiger charge is -2.29. The first-order chi connectivity index (χ1) is 10.1. The highest BCUT2D eigenvalue weighted by molar-refractivity contribution is 5.97. The first kappa shape index (κ1) is 15.5.